The van der Waals surface area contributed by atoms with Crippen molar-refractivity contribution in [2.75, 3.05) is 0 Å². The summed E-state index contributed by atoms with van der Waals surface area (Å²) in [7, 11) is 0. The highest BCUT2D eigenvalue weighted by Gasteiger charge is 1.92. The topological polar surface area (TPSA) is 51.5 Å². The minimum atomic E-state index is 0.338. The van der Waals surface area contributed by atoms with Gasteiger partial charge in [0, 0.05) is 0 Å². The molecule has 4 heteroatoms. The first kappa shape index (κ1) is 6.16. The highest BCUT2D eigenvalue weighted by Crippen LogP contribution is 2.10. The van der Waals surface area contributed by atoms with E-state index in [4.69, 9.17) is 21.9 Å². The molecule has 0 unspecified atom stereocenters. The van der Waals surface area contributed by atoms with Crippen LogP contribution >= 0.6 is 11.6 Å². The van der Waals surface area contributed by atoms with Crippen molar-refractivity contribution in [3.63, 3.8) is 0 Å². The first-order valence-electron chi connectivity index (χ1n) is 2.31. The van der Waals surface area contributed by atoms with Gasteiger partial charge >= 0.3 is 0 Å². The molecule has 0 aliphatic heterocycles. The largest absolute Gasteiger partial charge is 0.444 e. The number of hydrogen-bond donors (Lipinski definition) is 1. The summed E-state index contributed by atoms with van der Waals surface area (Å²) in [6.07, 6.45) is 1.38. The number of hydrazone groups is 1. The van der Waals surface area contributed by atoms with Gasteiger partial charge in [0.2, 0.25) is 0 Å². The summed E-state index contributed by atoms with van der Waals surface area (Å²) in [5, 5.41) is 3.58. The fourth-order valence-electron chi connectivity index (χ4n) is 0.471. The maximum Gasteiger partial charge on any atom is 0.193 e. The van der Waals surface area contributed by atoms with Crippen molar-refractivity contribution in [2.24, 2.45) is 10.9 Å². The predicted octanol–water partition coefficient (Wildman–Crippen LogP) is 1.23. The summed E-state index contributed by atoms with van der Waals surface area (Å²) < 4.78 is 4.86. The van der Waals surface area contributed by atoms with Crippen LogP contribution in [0.15, 0.2) is 21.7 Å². The van der Waals surface area contributed by atoms with E-state index in [0.717, 1.165) is 0 Å². The lowest BCUT2D eigenvalue weighted by atomic mass is 10.5. The zero-order chi connectivity index (χ0) is 6.69. The molecule has 1 heterocycles. The zero-order valence-electron chi connectivity index (χ0n) is 4.54. The van der Waals surface area contributed by atoms with E-state index in [0.29, 0.717) is 11.0 Å². The van der Waals surface area contributed by atoms with Crippen LogP contribution in [-0.4, -0.2) is 6.21 Å². The molecule has 0 aliphatic carbocycles. The van der Waals surface area contributed by atoms with Crippen molar-refractivity contribution in [3.8, 4) is 0 Å². The molecule has 48 valence electrons. The Balaban J connectivity index is 2.85. The first-order valence-corrected chi connectivity index (χ1v) is 2.69. The lowest BCUT2D eigenvalue weighted by Crippen LogP contribution is -1.81. The van der Waals surface area contributed by atoms with Gasteiger partial charge in [0.25, 0.3) is 0 Å². The van der Waals surface area contributed by atoms with Crippen LogP contribution in [0.1, 0.15) is 5.76 Å². The Bertz CT molecular complexity index is 218. The van der Waals surface area contributed by atoms with Gasteiger partial charge in [-0.2, -0.15) is 5.10 Å². The lowest BCUT2D eigenvalue weighted by Gasteiger charge is -1.78. The average molecular weight is 145 g/mol. The zero-order valence-corrected chi connectivity index (χ0v) is 5.30. The predicted molar refractivity (Wildman–Crippen MR) is 35.5 cm³/mol. The molecule has 3 nitrogen and oxygen atoms in total. The van der Waals surface area contributed by atoms with Crippen molar-refractivity contribution < 1.29 is 4.42 Å². The Morgan fingerprint density at radius 3 is 2.89 bits per heavy atom. The lowest BCUT2D eigenvalue weighted by molar-refractivity contribution is 0.562. The van der Waals surface area contributed by atoms with Crippen molar-refractivity contribution in [2.45, 2.75) is 0 Å². The van der Waals surface area contributed by atoms with E-state index in [1.807, 2.05) is 0 Å². The SMILES string of the molecule is N/N=C/c1ccc(Cl)o1. The quantitative estimate of drug-likeness (QED) is 0.366. The fraction of sp³-hybridized carbons (Fsp3) is 0. The summed E-state index contributed by atoms with van der Waals surface area (Å²) in [5.74, 6) is 5.39. The van der Waals surface area contributed by atoms with E-state index in [1.54, 1.807) is 12.1 Å². The molecular weight excluding hydrogens is 140 g/mol. The van der Waals surface area contributed by atoms with Crippen LogP contribution in [0.2, 0.25) is 5.22 Å². The molecule has 0 radical (unpaired) electrons. The molecule has 0 bridgehead atoms. The van der Waals surface area contributed by atoms with Gasteiger partial charge in [-0.15, -0.1) is 0 Å². The molecule has 0 fully saturated rings. The number of nitrogens with zero attached hydrogens (tertiary/aromatic N) is 1. The smallest absolute Gasteiger partial charge is 0.193 e. The minimum Gasteiger partial charge on any atom is -0.444 e. The second-order valence-electron chi connectivity index (χ2n) is 1.42. The maximum atomic E-state index is 5.43. The van der Waals surface area contributed by atoms with Gasteiger partial charge in [-0.1, -0.05) is 0 Å². The van der Waals surface area contributed by atoms with E-state index in [-0.39, 0.29) is 0 Å². The van der Waals surface area contributed by atoms with Crippen molar-refractivity contribution in [1.82, 2.24) is 0 Å². The van der Waals surface area contributed by atoms with Crippen LogP contribution in [0, 0.1) is 0 Å². The number of hydrogen-bond acceptors (Lipinski definition) is 3. The van der Waals surface area contributed by atoms with Gasteiger partial charge in [-0.25, -0.2) is 0 Å². The highest BCUT2D eigenvalue weighted by atomic mass is 35.5. The van der Waals surface area contributed by atoms with Crippen LogP contribution in [0.5, 0.6) is 0 Å². The number of rotatable bonds is 1. The van der Waals surface area contributed by atoms with Crippen molar-refractivity contribution in [3.05, 3.63) is 23.1 Å². The van der Waals surface area contributed by atoms with Crippen LogP contribution in [0.3, 0.4) is 0 Å². The van der Waals surface area contributed by atoms with Gasteiger partial charge in [-0.3, -0.25) is 0 Å². The summed E-state index contributed by atoms with van der Waals surface area (Å²) in [4.78, 5) is 0. The molecule has 0 saturated heterocycles. The number of halogens is 1. The maximum absolute atomic E-state index is 5.43. The highest BCUT2D eigenvalue weighted by molar-refractivity contribution is 6.28. The Labute approximate surface area is 57.1 Å². The molecule has 0 spiro atoms. The summed E-state index contributed by atoms with van der Waals surface area (Å²) >= 11 is 5.43. The van der Waals surface area contributed by atoms with E-state index in [9.17, 15) is 0 Å². The molecular formula is C5H5ClN2O. The summed E-state index contributed by atoms with van der Waals surface area (Å²) in [6.45, 7) is 0. The third-order valence-corrected chi connectivity index (χ3v) is 0.999. The van der Waals surface area contributed by atoms with Crippen LogP contribution in [0.4, 0.5) is 0 Å². The Hall–Kier alpha value is -0.960. The molecule has 2 N–H and O–H groups in total. The molecule has 0 aromatic carbocycles. The molecule has 0 aliphatic rings. The van der Waals surface area contributed by atoms with Crippen LogP contribution in [-0.2, 0) is 0 Å². The minimum absolute atomic E-state index is 0.338. The first-order chi connectivity index (χ1) is 4.33. The second kappa shape index (κ2) is 2.55. The van der Waals surface area contributed by atoms with E-state index < -0.39 is 0 Å². The standard InChI is InChI=1S/C5H5ClN2O/c6-5-2-1-4(9-5)3-8-7/h1-3H,7H2/b8-3+. The summed E-state index contributed by atoms with van der Waals surface area (Å²) in [5.41, 5.74) is 0. The van der Waals surface area contributed by atoms with Crippen molar-refractivity contribution >= 4 is 17.8 Å². The molecule has 1 aromatic heterocycles. The molecule has 9 heavy (non-hydrogen) atoms. The van der Waals surface area contributed by atoms with Crippen molar-refractivity contribution in [1.29, 1.82) is 0 Å². The normalized spacial score (nSPS) is 10.8. The molecule has 0 saturated carbocycles. The molecule has 0 amide bonds. The Kier molecular flexibility index (Phi) is 1.75. The fourth-order valence-corrected chi connectivity index (χ4v) is 0.623. The Morgan fingerprint density at radius 1 is 1.67 bits per heavy atom. The molecule has 0 atom stereocenters. The van der Waals surface area contributed by atoms with E-state index >= 15 is 0 Å². The average Bonchev–Trinajstić information content (AvgIpc) is 2.17. The molecule has 1 rings (SSSR count). The summed E-state index contributed by atoms with van der Waals surface area (Å²) in [6, 6.07) is 3.30. The van der Waals surface area contributed by atoms with E-state index in [2.05, 4.69) is 5.10 Å². The number of nitrogens with two attached hydrogens (primary N) is 1. The van der Waals surface area contributed by atoms with Gasteiger partial charge in [-0.05, 0) is 23.7 Å². The van der Waals surface area contributed by atoms with Crippen LogP contribution in [0.25, 0.3) is 0 Å². The van der Waals surface area contributed by atoms with Gasteiger partial charge < -0.3 is 10.3 Å². The monoisotopic (exact) mass is 144 g/mol. The van der Waals surface area contributed by atoms with Gasteiger partial charge in [0.1, 0.15) is 5.76 Å². The second-order valence-corrected chi connectivity index (χ2v) is 1.79. The van der Waals surface area contributed by atoms with Gasteiger partial charge in [0.05, 0.1) is 6.21 Å². The van der Waals surface area contributed by atoms with Crippen LogP contribution < -0.4 is 5.84 Å². The Morgan fingerprint density at radius 2 is 2.44 bits per heavy atom. The van der Waals surface area contributed by atoms with E-state index in [1.165, 1.54) is 6.21 Å². The van der Waals surface area contributed by atoms with Gasteiger partial charge in [0.15, 0.2) is 5.22 Å². The third kappa shape index (κ3) is 1.47. The molecule has 1 aromatic rings. The third-order valence-electron chi connectivity index (χ3n) is 0.796. The number of furan rings is 1.